The van der Waals surface area contributed by atoms with Crippen LogP contribution < -0.4 is 10.6 Å². The highest BCUT2D eigenvalue weighted by molar-refractivity contribution is 8.18. The van der Waals surface area contributed by atoms with Gasteiger partial charge in [-0.1, -0.05) is 51.1 Å². The van der Waals surface area contributed by atoms with Crippen LogP contribution in [0, 0.1) is 17.8 Å². The average molecular weight is 437 g/mol. The van der Waals surface area contributed by atoms with Crippen molar-refractivity contribution in [2.45, 2.75) is 55.6 Å². The lowest BCUT2D eigenvalue weighted by Crippen LogP contribution is -2.38. The molecule has 1 fully saturated rings. The molecule has 2 aliphatic rings. The van der Waals surface area contributed by atoms with E-state index in [2.05, 4.69) is 31.4 Å². The van der Waals surface area contributed by atoms with E-state index in [1.54, 1.807) is 23.5 Å². The van der Waals surface area contributed by atoms with Crippen LogP contribution >= 0.6 is 23.5 Å². The maximum atomic E-state index is 12.2. The van der Waals surface area contributed by atoms with Crippen molar-refractivity contribution < 1.29 is 14.3 Å². The first-order valence-corrected chi connectivity index (χ1v) is 12.4. The second-order valence-corrected chi connectivity index (χ2v) is 11.0. The molecule has 4 atom stereocenters. The van der Waals surface area contributed by atoms with Crippen LogP contribution in [-0.4, -0.2) is 41.4 Å². The maximum absolute atomic E-state index is 12.2. The second kappa shape index (κ2) is 10.7. The first-order chi connectivity index (χ1) is 13.9. The summed E-state index contributed by atoms with van der Waals surface area (Å²) in [7, 11) is 0. The van der Waals surface area contributed by atoms with E-state index in [1.807, 2.05) is 24.3 Å². The fraction of sp³-hybridized carbons (Fsp3) is 0.636. The van der Waals surface area contributed by atoms with Crippen molar-refractivity contribution in [1.82, 2.24) is 5.32 Å². The van der Waals surface area contributed by atoms with Crippen molar-refractivity contribution in [1.29, 1.82) is 0 Å². The minimum absolute atomic E-state index is 0.0134. The molecule has 0 aromatic heterocycles. The zero-order valence-corrected chi connectivity index (χ0v) is 19.1. The lowest BCUT2D eigenvalue weighted by Gasteiger charge is -2.37. The van der Waals surface area contributed by atoms with Gasteiger partial charge in [-0.25, -0.2) is 0 Å². The van der Waals surface area contributed by atoms with E-state index in [9.17, 15) is 9.59 Å². The highest BCUT2D eigenvalue weighted by Crippen LogP contribution is 2.40. The molecule has 3 rings (SSSR count). The number of hydrogen-bond acceptors (Lipinski definition) is 5. The Morgan fingerprint density at radius 3 is 2.93 bits per heavy atom. The molecule has 5 nitrogen and oxygen atoms in total. The first-order valence-electron chi connectivity index (χ1n) is 10.5. The van der Waals surface area contributed by atoms with E-state index in [-0.39, 0.29) is 29.1 Å². The Balaban J connectivity index is 1.35. The maximum Gasteiger partial charge on any atom is 0.248 e. The number of amides is 2. The quantitative estimate of drug-likeness (QED) is 0.592. The number of thioether (sulfide) groups is 2. The fourth-order valence-corrected chi connectivity index (χ4v) is 6.36. The van der Waals surface area contributed by atoms with Crippen molar-refractivity contribution in [2.75, 3.05) is 24.2 Å². The number of ether oxygens (including phenoxy) is 1. The van der Waals surface area contributed by atoms with Crippen LogP contribution in [0.3, 0.4) is 0 Å². The van der Waals surface area contributed by atoms with Gasteiger partial charge < -0.3 is 15.4 Å². The van der Waals surface area contributed by atoms with Gasteiger partial charge in [0.25, 0.3) is 0 Å². The normalized spacial score (nSPS) is 26.7. The Bertz CT molecular complexity index is 713. The first kappa shape index (κ1) is 22.5. The van der Waals surface area contributed by atoms with Gasteiger partial charge in [-0.05, 0) is 42.7 Å². The molecule has 0 spiro atoms. The van der Waals surface area contributed by atoms with Crippen molar-refractivity contribution in [3.8, 4) is 0 Å². The molecule has 2 N–H and O–H groups in total. The highest BCUT2D eigenvalue weighted by Gasteiger charge is 2.32. The summed E-state index contributed by atoms with van der Waals surface area (Å²) in [5.41, 5.74) is 0.876. The van der Waals surface area contributed by atoms with Gasteiger partial charge in [0.15, 0.2) is 0 Å². The number of anilines is 1. The summed E-state index contributed by atoms with van der Waals surface area (Å²) in [6, 6.07) is 7.82. The zero-order valence-electron chi connectivity index (χ0n) is 17.5. The van der Waals surface area contributed by atoms with Gasteiger partial charge >= 0.3 is 0 Å². The number of benzene rings is 1. The Kier molecular flexibility index (Phi) is 8.33. The third kappa shape index (κ3) is 6.40. The van der Waals surface area contributed by atoms with Crippen molar-refractivity contribution in [3.63, 3.8) is 0 Å². The second-order valence-electron chi connectivity index (χ2n) is 8.33. The molecular formula is C22H32N2O3S2. The summed E-state index contributed by atoms with van der Waals surface area (Å²) in [4.78, 5) is 25.5. The molecule has 1 aliphatic heterocycles. The summed E-state index contributed by atoms with van der Waals surface area (Å²) in [5.74, 6) is 2.42. The van der Waals surface area contributed by atoms with E-state index in [0.29, 0.717) is 30.1 Å². The molecule has 1 aliphatic carbocycles. The third-order valence-electron chi connectivity index (χ3n) is 5.68. The Labute approximate surface area is 182 Å². The van der Waals surface area contributed by atoms with Crippen molar-refractivity contribution in [3.05, 3.63) is 24.3 Å². The van der Waals surface area contributed by atoms with Gasteiger partial charge in [-0.15, -0.1) is 11.8 Å². The van der Waals surface area contributed by atoms with Crippen LogP contribution in [0.15, 0.2) is 29.2 Å². The van der Waals surface area contributed by atoms with Gasteiger partial charge in [-0.2, -0.15) is 0 Å². The van der Waals surface area contributed by atoms with Gasteiger partial charge in [0.05, 0.1) is 11.8 Å². The highest BCUT2D eigenvalue weighted by atomic mass is 32.2. The van der Waals surface area contributed by atoms with Gasteiger partial charge in [0.1, 0.15) is 11.2 Å². The predicted molar refractivity (Wildman–Crippen MR) is 121 cm³/mol. The molecule has 7 heteroatoms. The summed E-state index contributed by atoms with van der Waals surface area (Å²) in [5, 5.41) is 5.87. The third-order valence-corrected chi connectivity index (χ3v) is 8.37. The molecule has 1 heterocycles. The molecule has 1 saturated carbocycles. The van der Waals surface area contributed by atoms with E-state index in [1.165, 1.54) is 12.8 Å². The van der Waals surface area contributed by atoms with E-state index in [4.69, 9.17) is 4.74 Å². The molecule has 160 valence electrons. The van der Waals surface area contributed by atoms with Gasteiger partial charge in [0, 0.05) is 17.2 Å². The Morgan fingerprint density at radius 2 is 2.14 bits per heavy atom. The minimum atomic E-state index is -0.187. The van der Waals surface area contributed by atoms with E-state index in [0.717, 1.165) is 17.0 Å². The van der Waals surface area contributed by atoms with Crippen LogP contribution in [0.2, 0.25) is 0 Å². The monoisotopic (exact) mass is 436 g/mol. The van der Waals surface area contributed by atoms with Crippen LogP contribution in [0.25, 0.3) is 0 Å². The number of rotatable bonds is 8. The summed E-state index contributed by atoms with van der Waals surface area (Å²) in [6.07, 6.45) is 3.66. The fourth-order valence-electron chi connectivity index (χ4n) is 4.04. The number of fused-ring (bicyclic) bond motifs is 1. The Hall–Kier alpha value is -1.18. The molecule has 1 aromatic carbocycles. The van der Waals surface area contributed by atoms with Gasteiger partial charge in [-0.3, -0.25) is 9.59 Å². The number of hydrogen-bond donors (Lipinski definition) is 2. The van der Waals surface area contributed by atoms with Gasteiger partial charge in [0.2, 0.25) is 11.8 Å². The number of nitrogens with one attached hydrogen (secondary N) is 2. The standard InChI is InChI=1S/C22H32N2O3S2/c1-14(2)16-9-8-15(3)12-18(16)27-13-20(25)23-10-11-28-22-21(26)24-17-6-4-5-7-19(17)29-22/h4-7,14-16,18,22H,8-13H2,1-3H3,(H,23,25)(H,24,26)/t15-,16+,18-,22?/m0/s1. The summed E-state index contributed by atoms with van der Waals surface area (Å²) >= 11 is 3.13. The lowest BCUT2D eigenvalue weighted by atomic mass is 9.75. The van der Waals surface area contributed by atoms with Crippen molar-refractivity contribution in [2.24, 2.45) is 17.8 Å². The zero-order chi connectivity index (χ0) is 20.8. The molecule has 29 heavy (non-hydrogen) atoms. The van der Waals surface area contributed by atoms with Crippen LogP contribution in [0.5, 0.6) is 0 Å². The van der Waals surface area contributed by atoms with Crippen LogP contribution in [0.1, 0.15) is 40.0 Å². The topological polar surface area (TPSA) is 67.4 Å². The largest absolute Gasteiger partial charge is 0.368 e. The molecule has 1 aromatic rings. The minimum Gasteiger partial charge on any atom is -0.368 e. The molecular weight excluding hydrogens is 404 g/mol. The number of para-hydroxylation sites is 1. The van der Waals surface area contributed by atoms with E-state index >= 15 is 0 Å². The average Bonchev–Trinajstić information content (AvgIpc) is 2.69. The van der Waals surface area contributed by atoms with Crippen molar-refractivity contribution >= 4 is 41.0 Å². The molecule has 2 amide bonds. The number of carbonyl (C=O) groups is 2. The van der Waals surface area contributed by atoms with Crippen LogP contribution in [-0.2, 0) is 14.3 Å². The van der Waals surface area contributed by atoms with E-state index < -0.39 is 0 Å². The molecule has 0 saturated heterocycles. The summed E-state index contributed by atoms with van der Waals surface area (Å²) in [6.45, 7) is 7.41. The molecule has 0 radical (unpaired) electrons. The smallest absolute Gasteiger partial charge is 0.248 e. The van der Waals surface area contributed by atoms with Crippen LogP contribution in [0.4, 0.5) is 5.69 Å². The number of carbonyl (C=O) groups excluding carboxylic acids is 2. The lowest BCUT2D eigenvalue weighted by molar-refractivity contribution is -0.131. The summed E-state index contributed by atoms with van der Waals surface area (Å²) < 4.78 is 5.82. The molecule has 0 bridgehead atoms. The SMILES string of the molecule is CC(C)[C@H]1CC[C@H](C)C[C@@H]1OCC(=O)NCCSC1Sc2ccccc2NC1=O. The predicted octanol–water partition coefficient (Wildman–Crippen LogP) is 4.38. The Morgan fingerprint density at radius 1 is 1.34 bits per heavy atom. The molecule has 1 unspecified atom stereocenters.